The molecule has 0 unspecified atom stereocenters. The number of aliphatic hydroxyl groups excluding tert-OH is 4. The molecule has 1 aliphatic heterocycles. The van der Waals surface area contributed by atoms with Crippen molar-refractivity contribution < 1.29 is 29.9 Å². The molecule has 22 heavy (non-hydrogen) atoms. The molecule has 10 nitrogen and oxygen atoms in total. The van der Waals surface area contributed by atoms with E-state index >= 15 is 0 Å². The summed E-state index contributed by atoms with van der Waals surface area (Å²) in [5.74, 6) is -0.147. The highest BCUT2D eigenvalue weighted by molar-refractivity contribution is 6.32. The van der Waals surface area contributed by atoms with Gasteiger partial charge in [0.1, 0.15) is 29.4 Å². The first kappa shape index (κ1) is 16.9. The molecule has 1 aromatic heterocycles. The van der Waals surface area contributed by atoms with Crippen molar-refractivity contribution in [2.45, 2.75) is 30.6 Å². The number of aromatic amines is 1. The predicted octanol–water partition coefficient (Wildman–Crippen LogP) is -2.36. The molecule has 124 valence electrons. The van der Waals surface area contributed by atoms with Crippen LogP contribution in [0.5, 0.6) is 6.01 Å². The summed E-state index contributed by atoms with van der Waals surface area (Å²) in [5, 5.41) is 40.6. The Kier molecular flexibility index (Phi) is 5.21. The maximum absolute atomic E-state index is 11.6. The van der Waals surface area contributed by atoms with Gasteiger partial charge in [-0.05, 0) is 0 Å². The number of aliphatic hydroxyl groups is 4. The summed E-state index contributed by atoms with van der Waals surface area (Å²) in [6, 6.07) is -0.124. The molecule has 2 heterocycles. The van der Waals surface area contributed by atoms with Gasteiger partial charge in [0, 0.05) is 0 Å². The average molecular weight is 338 g/mol. The number of hydrogen-bond acceptors (Lipinski definition) is 9. The molecule has 6 N–H and O–H groups in total. The molecule has 0 aromatic carbocycles. The molecule has 0 saturated carbocycles. The zero-order chi connectivity index (χ0) is 16.4. The molecular weight excluding hydrogens is 322 g/mol. The van der Waals surface area contributed by atoms with Crippen molar-refractivity contribution in [1.82, 2.24) is 9.97 Å². The van der Waals surface area contributed by atoms with Crippen LogP contribution in [0, 0.1) is 0 Å². The van der Waals surface area contributed by atoms with Crippen LogP contribution in [-0.4, -0.2) is 74.8 Å². The Bertz CT molecular complexity index is 581. The van der Waals surface area contributed by atoms with E-state index in [9.17, 15) is 20.1 Å². The van der Waals surface area contributed by atoms with Gasteiger partial charge in [0.05, 0.1) is 13.7 Å². The van der Waals surface area contributed by atoms with Gasteiger partial charge in [-0.25, -0.2) is 0 Å². The van der Waals surface area contributed by atoms with Gasteiger partial charge in [-0.3, -0.25) is 9.78 Å². The van der Waals surface area contributed by atoms with Crippen molar-refractivity contribution in [1.29, 1.82) is 0 Å². The van der Waals surface area contributed by atoms with Crippen LogP contribution < -0.4 is 15.6 Å². The van der Waals surface area contributed by atoms with Crippen LogP contribution in [0.1, 0.15) is 0 Å². The SMILES string of the molecule is COc1nc(N[C@@H]2O[C@@H](CO)[C@@H](O)[C@@H](O)[C@H]2O)c(Cl)c(=O)[nH]1. The van der Waals surface area contributed by atoms with Crippen LogP contribution in [-0.2, 0) is 4.74 Å². The minimum absolute atomic E-state index is 0.124. The van der Waals surface area contributed by atoms with Crippen molar-refractivity contribution in [3.8, 4) is 6.01 Å². The highest BCUT2D eigenvalue weighted by Gasteiger charge is 2.43. The first-order valence-corrected chi connectivity index (χ1v) is 6.67. The van der Waals surface area contributed by atoms with Gasteiger partial charge < -0.3 is 35.2 Å². The van der Waals surface area contributed by atoms with Gasteiger partial charge in [0.2, 0.25) is 0 Å². The second-order valence-corrected chi connectivity index (χ2v) is 5.01. The number of ether oxygens (including phenoxy) is 2. The lowest BCUT2D eigenvalue weighted by Gasteiger charge is -2.40. The lowest BCUT2D eigenvalue weighted by atomic mass is 9.98. The molecule has 1 aromatic rings. The van der Waals surface area contributed by atoms with Gasteiger partial charge >= 0.3 is 0 Å². The molecule has 0 amide bonds. The third-order valence-corrected chi connectivity index (χ3v) is 3.56. The van der Waals surface area contributed by atoms with Gasteiger partial charge in [0.25, 0.3) is 11.6 Å². The molecule has 0 aliphatic carbocycles. The van der Waals surface area contributed by atoms with Crippen LogP contribution in [0.15, 0.2) is 4.79 Å². The average Bonchev–Trinajstić information content (AvgIpc) is 2.51. The van der Waals surface area contributed by atoms with E-state index < -0.39 is 42.8 Å². The summed E-state index contributed by atoms with van der Waals surface area (Å²) in [6.07, 6.45) is -6.95. The number of aromatic nitrogens is 2. The number of nitrogens with one attached hydrogen (secondary N) is 2. The molecule has 5 atom stereocenters. The van der Waals surface area contributed by atoms with E-state index in [1.54, 1.807) is 0 Å². The molecule has 0 radical (unpaired) electrons. The van der Waals surface area contributed by atoms with Crippen LogP contribution >= 0.6 is 11.6 Å². The van der Waals surface area contributed by atoms with Crippen molar-refractivity contribution >= 4 is 17.4 Å². The summed E-state index contributed by atoms with van der Waals surface area (Å²) in [4.78, 5) is 17.7. The number of hydrogen-bond donors (Lipinski definition) is 6. The molecule has 1 aliphatic rings. The lowest BCUT2D eigenvalue weighted by molar-refractivity contribution is -0.221. The molecule has 1 saturated heterocycles. The number of rotatable bonds is 4. The van der Waals surface area contributed by atoms with E-state index in [0.717, 1.165) is 0 Å². The number of H-pyrrole nitrogens is 1. The van der Waals surface area contributed by atoms with E-state index in [1.165, 1.54) is 7.11 Å². The minimum Gasteiger partial charge on any atom is -0.468 e. The summed E-state index contributed by atoms with van der Waals surface area (Å²) in [5.41, 5.74) is -0.680. The minimum atomic E-state index is -1.56. The maximum Gasteiger partial charge on any atom is 0.298 e. The van der Waals surface area contributed by atoms with Crippen LogP contribution in [0.4, 0.5) is 5.82 Å². The molecule has 2 rings (SSSR count). The smallest absolute Gasteiger partial charge is 0.298 e. The van der Waals surface area contributed by atoms with Crippen LogP contribution in [0.2, 0.25) is 5.02 Å². The van der Waals surface area contributed by atoms with E-state index in [4.69, 9.17) is 26.2 Å². The van der Waals surface area contributed by atoms with E-state index in [-0.39, 0.29) is 16.9 Å². The quantitative estimate of drug-likeness (QED) is 0.353. The van der Waals surface area contributed by atoms with Gasteiger partial charge in [-0.15, -0.1) is 0 Å². The Morgan fingerprint density at radius 3 is 2.64 bits per heavy atom. The summed E-state index contributed by atoms with van der Waals surface area (Å²) < 4.78 is 10.0. The fraction of sp³-hybridized carbons (Fsp3) is 0.636. The summed E-state index contributed by atoms with van der Waals surface area (Å²) in [6.45, 7) is -0.580. The van der Waals surface area contributed by atoms with Crippen molar-refractivity contribution in [2.24, 2.45) is 0 Å². The molecular formula is C11H16ClN3O7. The van der Waals surface area contributed by atoms with Crippen LogP contribution in [0.3, 0.4) is 0 Å². The standard InChI is InChI=1S/C11H16ClN3O7/c1-21-11-14-8(4(12)9(20)15-11)13-10-7(19)6(18)5(17)3(2-16)22-10/h3,5-7,10,16-19H,2H2,1H3,(H2,13,14,15,20)/t3-,5+,6+,7+,10+/m0/s1. The third kappa shape index (κ3) is 3.16. The van der Waals surface area contributed by atoms with Gasteiger partial charge in [0.15, 0.2) is 12.0 Å². The van der Waals surface area contributed by atoms with Gasteiger partial charge in [-0.1, -0.05) is 11.6 Å². The zero-order valence-corrected chi connectivity index (χ0v) is 12.2. The largest absolute Gasteiger partial charge is 0.468 e. The summed E-state index contributed by atoms with van der Waals surface area (Å²) in [7, 11) is 1.28. The van der Waals surface area contributed by atoms with Crippen LogP contribution in [0.25, 0.3) is 0 Å². The molecule has 11 heteroatoms. The van der Waals surface area contributed by atoms with E-state index in [2.05, 4.69) is 15.3 Å². The Labute approximate surface area is 129 Å². The van der Waals surface area contributed by atoms with E-state index in [1.807, 2.05) is 0 Å². The Morgan fingerprint density at radius 1 is 1.36 bits per heavy atom. The fourth-order valence-corrected chi connectivity index (χ4v) is 2.13. The highest BCUT2D eigenvalue weighted by atomic mass is 35.5. The maximum atomic E-state index is 11.6. The highest BCUT2D eigenvalue weighted by Crippen LogP contribution is 2.24. The number of methoxy groups -OCH3 is 1. The second-order valence-electron chi connectivity index (χ2n) is 4.63. The Balaban J connectivity index is 2.26. The van der Waals surface area contributed by atoms with Crippen molar-refractivity contribution in [2.75, 3.05) is 19.0 Å². The number of halogens is 1. The fourth-order valence-electron chi connectivity index (χ4n) is 1.99. The third-order valence-electron chi connectivity index (χ3n) is 3.21. The zero-order valence-electron chi connectivity index (χ0n) is 11.4. The molecule has 0 bridgehead atoms. The monoisotopic (exact) mass is 337 g/mol. The normalized spacial score (nSPS) is 31.8. The first-order chi connectivity index (χ1) is 10.4. The predicted molar refractivity (Wildman–Crippen MR) is 73.8 cm³/mol. The summed E-state index contributed by atoms with van der Waals surface area (Å²) >= 11 is 5.80. The Morgan fingerprint density at radius 2 is 2.05 bits per heavy atom. The lowest BCUT2D eigenvalue weighted by Crippen LogP contribution is -2.60. The van der Waals surface area contributed by atoms with Crippen molar-refractivity contribution in [3.63, 3.8) is 0 Å². The van der Waals surface area contributed by atoms with E-state index in [0.29, 0.717) is 0 Å². The second kappa shape index (κ2) is 6.77. The number of nitrogens with zero attached hydrogens (tertiary/aromatic N) is 1. The first-order valence-electron chi connectivity index (χ1n) is 6.30. The molecule has 0 spiro atoms. The Hall–Kier alpha value is -1.43. The number of anilines is 1. The topological polar surface area (TPSA) is 157 Å². The van der Waals surface area contributed by atoms with Crippen molar-refractivity contribution in [3.05, 3.63) is 15.4 Å². The van der Waals surface area contributed by atoms with Gasteiger partial charge in [-0.2, -0.15) is 4.98 Å². The molecule has 1 fully saturated rings.